The average Bonchev–Trinajstić information content (AvgIpc) is 3.19. The van der Waals surface area contributed by atoms with E-state index in [4.69, 9.17) is 9.47 Å². The third-order valence-electron chi connectivity index (χ3n) is 6.54. The van der Waals surface area contributed by atoms with Gasteiger partial charge >= 0.3 is 5.91 Å². The molecular weight excluding hydrogens is 432 g/mol. The molecule has 3 aliphatic rings. The van der Waals surface area contributed by atoms with Crippen LogP contribution >= 0.6 is 11.8 Å². The van der Waals surface area contributed by atoms with Crippen molar-refractivity contribution >= 4 is 34.5 Å². The van der Waals surface area contributed by atoms with Gasteiger partial charge in [0.25, 0.3) is 0 Å². The zero-order chi connectivity index (χ0) is 22.9. The fourth-order valence-electron chi connectivity index (χ4n) is 4.54. The van der Waals surface area contributed by atoms with Gasteiger partial charge in [0.1, 0.15) is 6.04 Å². The lowest BCUT2D eigenvalue weighted by molar-refractivity contribution is -0.142. The Hall–Kier alpha value is -1.65. The van der Waals surface area contributed by atoms with E-state index in [0.29, 0.717) is 44.4 Å². The van der Waals surface area contributed by atoms with Gasteiger partial charge < -0.3 is 19.7 Å². The highest BCUT2D eigenvalue weighted by Gasteiger charge is 2.36. The molecule has 2 atom stereocenters. The van der Waals surface area contributed by atoms with Gasteiger partial charge in [-0.2, -0.15) is 0 Å². The summed E-state index contributed by atoms with van der Waals surface area (Å²) in [7, 11) is 1.64. The third kappa shape index (κ3) is 6.68. The minimum atomic E-state index is -0.840. The first kappa shape index (κ1) is 25.0. The second kappa shape index (κ2) is 12.6. The van der Waals surface area contributed by atoms with Crippen LogP contribution in [0.1, 0.15) is 51.9 Å². The number of hydrazone groups is 1. The van der Waals surface area contributed by atoms with Crippen LogP contribution in [0.2, 0.25) is 0 Å². The van der Waals surface area contributed by atoms with Crippen molar-refractivity contribution in [3.63, 3.8) is 0 Å². The first-order valence-corrected chi connectivity index (χ1v) is 12.7. The van der Waals surface area contributed by atoms with Crippen molar-refractivity contribution in [2.45, 2.75) is 64.0 Å². The molecule has 3 rings (SSSR count). The molecule has 1 saturated carbocycles. The van der Waals surface area contributed by atoms with Crippen LogP contribution in [0.15, 0.2) is 5.10 Å². The van der Waals surface area contributed by atoms with Gasteiger partial charge in [0, 0.05) is 44.6 Å². The molecule has 0 spiro atoms. The molecule has 2 amide bonds. The lowest BCUT2D eigenvalue weighted by Gasteiger charge is -2.31. The van der Waals surface area contributed by atoms with Gasteiger partial charge in [-0.1, -0.05) is 31.0 Å². The summed E-state index contributed by atoms with van der Waals surface area (Å²) >= 11 is 1.54. The van der Waals surface area contributed by atoms with Crippen LogP contribution in [0, 0.1) is 11.8 Å². The molecule has 2 saturated heterocycles. The predicted molar refractivity (Wildman–Crippen MR) is 123 cm³/mol. The number of Topliss-reactive ketones (excluding diaryl/α,β-unsaturated/α-hetero) is 1. The van der Waals surface area contributed by atoms with Crippen molar-refractivity contribution in [2.24, 2.45) is 16.9 Å². The summed E-state index contributed by atoms with van der Waals surface area (Å²) < 4.78 is 10.6. The number of amidine groups is 1. The van der Waals surface area contributed by atoms with Gasteiger partial charge in [-0.25, -0.2) is 5.43 Å². The Morgan fingerprint density at radius 1 is 1.19 bits per heavy atom. The van der Waals surface area contributed by atoms with E-state index in [0.717, 1.165) is 37.9 Å². The number of hydrogen-bond donors (Lipinski definition) is 2. The molecule has 2 heterocycles. The van der Waals surface area contributed by atoms with E-state index in [1.807, 2.05) is 0 Å². The minimum absolute atomic E-state index is 0.0760. The number of hydrogen-bond acceptors (Lipinski definition) is 7. The number of carbonyl (C=O) groups is 3. The van der Waals surface area contributed by atoms with Crippen LogP contribution in [0.4, 0.5) is 0 Å². The number of nitrogens with zero attached hydrogens (tertiary/aromatic N) is 2. The summed E-state index contributed by atoms with van der Waals surface area (Å²) in [5.74, 6) is -0.863. The predicted octanol–water partition coefficient (Wildman–Crippen LogP) is 1.52. The summed E-state index contributed by atoms with van der Waals surface area (Å²) in [5.41, 5.74) is 2.44. The van der Waals surface area contributed by atoms with Gasteiger partial charge in [-0.3, -0.25) is 14.4 Å². The highest BCUT2D eigenvalue weighted by Crippen LogP contribution is 2.26. The fourth-order valence-corrected chi connectivity index (χ4v) is 5.65. The standard InChI is InChI=1S/C22H36N4O5S/c1-15-14-32-22(26(15)10-13-30-2)25-24-21(29)19(27)18(16-8-11-31-12-9-16)23-20(28)17-6-4-3-5-7-17/h15-18H,3-14H2,1-2H3,(H,23,28)(H,24,29)/t15-,18-/m0/s1. The van der Waals surface area contributed by atoms with E-state index in [1.54, 1.807) is 7.11 Å². The lowest BCUT2D eigenvalue weighted by atomic mass is 9.85. The molecule has 2 N–H and O–H groups in total. The van der Waals surface area contributed by atoms with E-state index in [2.05, 4.69) is 27.7 Å². The summed E-state index contributed by atoms with van der Waals surface area (Å²) in [4.78, 5) is 40.8. The number of amides is 2. The lowest BCUT2D eigenvalue weighted by Crippen LogP contribution is -2.53. The van der Waals surface area contributed by atoms with Crippen molar-refractivity contribution < 1.29 is 23.9 Å². The van der Waals surface area contributed by atoms with E-state index in [-0.39, 0.29) is 23.8 Å². The molecule has 0 bridgehead atoms. The van der Waals surface area contributed by atoms with Gasteiger partial charge in [0.15, 0.2) is 5.17 Å². The largest absolute Gasteiger partial charge is 0.383 e. The number of nitrogens with one attached hydrogen (secondary N) is 2. The van der Waals surface area contributed by atoms with Crippen LogP contribution in [0.3, 0.4) is 0 Å². The zero-order valence-corrected chi connectivity index (χ0v) is 20.0. The Morgan fingerprint density at radius 3 is 2.59 bits per heavy atom. The minimum Gasteiger partial charge on any atom is -0.383 e. The summed E-state index contributed by atoms with van der Waals surface area (Å²) in [6, 6.07) is -0.570. The summed E-state index contributed by atoms with van der Waals surface area (Å²) in [6.45, 7) is 4.35. The monoisotopic (exact) mass is 468 g/mol. The molecule has 0 aromatic carbocycles. The van der Waals surface area contributed by atoms with Crippen LogP contribution < -0.4 is 10.7 Å². The maximum Gasteiger partial charge on any atom is 0.309 e. The van der Waals surface area contributed by atoms with E-state index >= 15 is 0 Å². The van der Waals surface area contributed by atoms with Crippen molar-refractivity contribution in [1.82, 2.24) is 15.6 Å². The highest BCUT2D eigenvalue weighted by molar-refractivity contribution is 8.14. The smallest absolute Gasteiger partial charge is 0.309 e. The summed E-state index contributed by atoms with van der Waals surface area (Å²) in [6.07, 6.45) is 6.17. The van der Waals surface area contributed by atoms with E-state index in [9.17, 15) is 14.4 Å². The first-order valence-electron chi connectivity index (χ1n) is 11.7. The van der Waals surface area contributed by atoms with Crippen LogP contribution in [-0.4, -0.2) is 79.0 Å². The molecule has 3 fully saturated rings. The molecule has 2 aliphatic heterocycles. The second-order valence-electron chi connectivity index (χ2n) is 8.82. The molecule has 10 heteroatoms. The molecule has 1 aliphatic carbocycles. The van der Waals surface area contributed by atoms with Crippen LogP contribution in [0.25, 0.3) is 0 Å². The Kier molecular flexibility index (Phi) is 9.80. The van der Waals surface area contributed by atoms with E-state index < -0.39 is 17.7 Å². The topological polar surface area (TPSA) is 109 Å². The SMILES string of the molecule is COCCN1C(=NNC(=O)C(=O)[C@@H](NC(=O)C2CCCCC2)C2CCOCC2)SC[C@@H]1C. The van der Waals surface area contributed by atoms with Gasteiger partial charge in [-0.15, -0.1) is 5.10 Å². The number of ether oxygens (including phenoxy) is 2. The van der Waals surface area contributed by atoms with Crippen molar-refractivity contribution in [2.75, 3.05) is 39.2 Å². The number of carbonyl (C=O) groups excluding carboxylic acids is 3. The quantitative estimate of drug-likeness (QED) is 0.390. The molecule has 0 aromatic heterocycles. The number of ketones is 1. The van der Waals surface area contributed by atoms with Crippen molar-refractivity contribution in [3.8, 4) is 0 Å². The molecule has 180 valence electrons. The van der Waals surface area contributed by atoms with Gasteiger partial charge in [0.2, 0.25) is 11.7 Å². The third-order valence-corrected chi connectivity index (χ3v) is 7.77. The van der Waals surface area contributed by atoms with Crippen molar-refractivity contribution in [1.29, 1.82) is 0 Å². The first-order chi connectivity index (χ1) is 15.5. The number of methoxy groups -OCH3 is 1. The molecule has 9 nitrogen and oxygen atoms in total. The Labute approximate surface area is 194 Å². The Morgan fingerprint density at radius 2 is 1.91 bits per heavy atom. The van der Waals surface area contributed by atoms with E-state index in [1.165, 1.54) is 11.8 Å². The van der Waals surface area contributed by atoms with Crippen LogP contribution in [0.5, 0.6) is 0 Å². The molecule has 32 heavy (non-hydrogen) atoms. The number of rotatable bonds is 9. The Balaban J connectivity index is 1.65. The fraction of sp³-hybridized carbons (Fsp3) is 0.818. The van der Waals surface area contributed by atoms with Gasteiger partial charge in [-0.05, 0) is 38.5 Å². The number of thioether (sulfide) groups is 1. The normalized spacial score (nSPS) is 25.0. The molecule has 0 aromatic rings. The van der Waals surface area contributed by atoms with Gasteiger partial charge in [0.05, 0.1) is 6.61 Å². The highest BCUT2D eigenvalue weighted by atomic mass is 32.2. The molecule has 0 radical (unpaired) electrons. The van der Waals surface area contributed by atoms with Crippen molar-refractivity contribution in [3.05, 3.63) is 0 Å². The maximum absolute atomic E-state index is 13.1. The Bertz CT molecular complexity index is 692. The second-order valence-corrected chi connectivity index (χ2v) is 9.80. The zero-order valence-electron chi connectivity index (χ0n) is 19.1. The molecular formula is C22H36N4O5S. The van der Waals surface area contributed by atoms with Crippen LogP contribution in [-0.2, 0) is 23.9 Å². The maximum atomic E-state index is 13.1. The summed E-state index contributed by atoms with van der Waals surface area (Å²) in [5, 5.41) is 7.81. The average molecular weight is 469 g/mol. The molecule has 0 unspecified atom stereocenters.